The Morgan fingerprint density at radius 1 is 0.941 bits per heavy atom. The molecule has 0 heterocycles. The van der Waals surface area contributed by atoms with Gasteiger partial charge >= 0.3 is 5.97 Å². The van der Waals surface area contributed by atoms with Crippen LogP contribution in [0.3, 0.4) is 0 Å². The van der Waals surface area contributed by atoms with Crippen LogP contribution in [0.1, 0.15) is 43.4 Å². The molecule has 0 fully saturated rings. The Morgan fingerprint density at radius 2 is 1.44 bits per heavy atom. The minimum atomic E-state index is -1.12. The maximum Gasteiger partial charge on any atom is 0.332 e. The predicted molar refractivity (Wildman–Crippen MR) is 137 cm³/mol. The number of carbonyl (C=O) groups is 1. The molecule has 0 unspecified atom stereocenters. The number of halogens is 1. The Labute approximate surface area is 208 Å². The molecule has 0 spiro atoms. The highest BCUT2D eigenvalue weighted by Gasteiger charge is 2.37. The molecule has 3 aromatic rings. The van der Waals surface area contributed by atoms with E-state index in [2.05, 4.69) is 15.9 Å². The lowest BCUT2D eigenvalue weighted by atomic mass is 9.90. The summed E-state index contributed by atoms with van der Waals surface area (Å²) in [6.45, 7) is 4.83. The van der Waals surface area contributed by atoms with Gasteiger partial charge < -0.3 is 4.74 Å². The number of nitrogens with zero attached hydrogens (tertiary/aromatic N) is 2. The second-order valence-corrected chi connectivity index (χ2v) is 9.78. The second kappa shape index (κ2) is 11.2. The Bertz CT molecular complexity index is 1100. The zero-order valence-electron chi connectivity index (χ0n) is 19.4. The number of nitro groups is 1. The van der Waals surface area contributed by atoms with Crippen molar-refractivity contribution in [2.75, 3.05) is 6.54 Å². The van der Waals surface area contributed by atoms with Gasteiger partial charge in [0, 0.05) is 20.5 Å². The van der Waals surface area contributed by atoms with E-state index in [1.807, 2.05) is 60.7 Å². The van der Waals surface area contributed by atoms with Crippen LogP contribution >= 0.6 is 15.9 Å². The van der Waals surface area contributed by atoms with Crippen molar-refractivity contribution in [1.29, 1.82) is 0 Å². The molecule has 0 aliphatic heterocycles. The molecule has 0 saturated carbocycles. The van der Waals surface area contributed by atoms with E-state index >= 15 is 0 Å². The van der Waals surface area contributed by atoms with Crippen molar-refractivity contribution < 1.29 is 14.5 Å². The lowest BCUT2D eigenvalue weighted by Crippen LogP contribution is -2.37. The molecule has 7 heteroatoms. The fraction of sp³-hybridized carbons (Fsp3) is 0.259. The number of esters is 1. The summed E-state index contributed by atoms with van der Waals surface area (Å²) in [5, 5.41) is 11.7. The van der Waals surface area contributed by atoms with Gasteiger partial charge in [-0.2, -0.15) is 0 Å². The Balaban J connectivity index is 2.21. The van der Waals surface area contributed by atoms with Crippen LogP contribution in [0.4, 0.5) is 0 Å². The van der Waals surface area contributed by atoms with E-state index in [0.717, 1.165) is 15.6 Å². The normalized spacial score (nSPS) is 12.9. The minimum Gasteiger partial charge on any atom is -0.458 e. The summed E-state index contributed by atoms with van der Waals surface area (Å²) < 4.78 is 6.54. The fourth-order valence-electron chi connectivity index (χ4n) is 3.57. The van der Waals surface area contributed by atoms with Crippen molar-refractivity contribution in [3.63, 3.8) is 0 Å². The van der Waals surface area contributed by atoms with Crippen LogP contribution in [-0.2, 0) is 9.53 Å². The van der Waals surface area contributed by atoms with Gasteiger partial charge in [-0.15, -0.1) is 0 Å². The fourth-order valence-corrected chi connectivity index (χ4v) is 3.84. The minimum absolute atomic E-state index is 0.412. The summed E-state index contributed by atoms with van der Waals surface area (Å²) in [4.78, 5) is 29.6. The SMILES string of the molecule is CC(C)(C)OC(=O)[C@H](N=C(c1ccccc1)c1ccccc1)[C@@H](C[N+](=O)[O-])c1ccc(Br)cc1. The highest BCUT2D eigenvalue weighted by atomic mass is 79.9. The van der Waals surface area contributed by atoms with Gasteiger partial charge in [0.15, 0.2) is 6.04 Å². The molecule has 0 amide bonds. The molecule has 6 nitrogen and oxygen atoms in total. The topological polar surface area (TPSA) is 81.8 Å². The van der Waals surface area contributed by atoms with Crippen LogP contribution in [0.15, 0.2) is 94.4 Å². The molecule has 0 aliphatic rings. The lowest BCUT2D eigenvalue weighted by molar-refractivity contribution is -0.483. The summed E-state index contributed by atoms with van der Waals surface area (Å²) in [7, 11) is 0. The Kier molecular flexibility index (Phi) is 8.34. The zero-order chi connectivity index (χ0) is 24.7. The highest BCUT2D eigenvalue weighted by Crippen LogP contribution is 2.28. The van der Waals surface area contributed by atoms with Gasteiger partial charge in [0.1, 0.15) is 5.60 Å². The maximum absolute atomic E-state index is 13.5. The highest BCUT2D eigenvalue weighted by molar-refractivity contribution is 9.10. The van der Waals surface area contributed by atoms with Crippen molar-refractivity contribution in [2.24, 2.45) is 4.99 Å². The average Bonchev–Trinajstić information content (AvgIpc) is 2.79. The van der Waals surface area contributed by atoms with E-state index in [4.69, 9.17) is 9.73 Å². The molecule has 0 bridgehead atoms. The largest absolute Gasteiger partial charge is 0.458 e. The van der Waals surface area contributed by atoms with E-state index in [0.29, 0.717) is 11.3 Å². The molecule has 3 rings (SSSR count). The monoisotopic (exact) mass is 522 g/mol. The Morgan fingerprint density at radius 3 is 1.88 bits per heavy atom. The van der Waals surface area contributed by atoms with E-state index in [1.165, 1.54) is 0 Å². The summed E-state index contributed by atoms with van der Waals surface area (Å²) in [6, 6.07) is 25.0. The smallest absolute Gasteiger partial charge is 0.332 e. The summed E-state index contributed by atoms with van der Waals surface area (Å²) in [5.41, 5.74) is 2.04. The maximum atomic E-state index is 13.5. The van der Waals surface area contributed by atoms with Gasteiger partial charge in [-0.3, -0.25) is 15.1 Å². The van der Waals surface area contributed by atoms with Crippen molar-refractivity contribution in [3.8, 4) is 0 Å². The second-order valence-electron chi connectivity index (χ2n) is 8.86. The quantitative estimate of drug-likeness (QED) is 0.156. The van der Waals surface area contributed by atoms with Crippen molar-refractivity contribution in [2.45, 2.75) is 38.3 Å². The first-order valence-electron chi connectivity index (χ1n) is 10.9. The standard InChI is InChI=1S/C27H27BrN2O4/c1-27(2,3)34-26(31)25(23(18-30(32)33)19-14-16-22(28)17-15-19)29-24(20-10-6-4-7-11-20)21-12-8-5-9-13-21/h4-17,23,25H,18H2,1-3H3/t23-,25+/m0/s1. The molecule has 0 N–H and O–H groups in total. The molecule has 34 heavy (non-hydrogen) atoms. The first-order valence-corrected chi connectivity index (χ1v) is 11.7. The predicted octanol–water partition coefficient (Wildman–Crippen LogP) is 6.06. The van der Waals surface area contributed by atoms with E-state index in [9.17, 15) is 14.9 Å². The number of benzene rings is 3. The molecular formula is C27H27BrN2O4. The number of ether oxygens (including phenoxy) is 1. The third-order valence-corrected chi connectivity index (χ3v) is 5.56. The van der Waals surface area contributed by atoms with Crippen LogP contribution in [0, 0.1) is 10.1 Å². The summed E-state index contributed by atoms with van der Waals surface area (Å²) >= 11 is 3.40. The van der Waals surface area contributed by atoms with Gasteiger partial charge in [-0.25, -0.2) is 4.79 Å². The van der Waals surface area contributed by atoms with Gasteiger partial charge in [-0.1, -0.05) is 88.7 Å². The van der Waals surface area contributed by atoms with Gasteiger partial charge in [0.2, 0.25) is 6.54 Å². The van der Waals surface area contributed by atoms with Gasteiger partial charge in [-0.05, 0) is 38.5 Å². The number of carbonyl (C=O) groups excluding carboxylic acids is 1. The van der Waals surface area contributed by atoms with Crippen LogP contribution in [-0.4, -0.2) is 34.8 Å². The van der Waals surface area contributed by atoms with Crippen molar-refractivity contribution >= 4 is 27.6 Å². The summed E-state index contributed by atoms with van der Waals surface area (Å²) in [6.07, 6.45) is 0. The number of hydrogen-bond acceptors (Lipinski definition) is 5. The molecule has 3 aromatic carbocycles. The molecule has 0 aliphatic carbocycles. The van der Waals surface area contributed by atoms with Crippen LogP contribution in [0.5, 0.6) is 0 Å². The number of rotatable bonds is 8. The molecular weight excluding hydrogens is 496 g/mol. The zero-order valence-corrected chi connectivity index (χ0v) is 20.9. The first-order chi connectivity index (χ1) is 16.1. The number of hydrogen-bond donors (Lipinski definition) is 0. The molecule has 0 saturated heterocycles. The van der Waals surface area contributed by atoms with E-state index in [1.54, 1.807) is 45.0 Å². The van der Waals surface area contributed by atoms with Crippen LogP contribution < -0.4 is 0 Å². The average molecular weight is 523 g/mol. The van der Waals surface area contributed by atoms with Crippen molar-refractivity contribution in [3.05, 3.63) is 116 Å². The van der Waals surface area contributed by atoms with Gasteiger partial charge in [0.05, 0.1) is 11.6 Å². The third-order valence-electron chi connectivity index (χ3n) is 5.04. The molecule has 0 radical (unpaired) electrons. The van der Waals surface area contributed by atoms with Crippen LogP contribution in [0.2, 0.25) is 0 Å². The molecule has 176 valence electrons. The van der Waals surface area contributed by atoms with E-state index < -0.39 is 35.0 Å². The number of aliphatic imine (C=N–C) groups is 1. The van der Waals surface area contributed by atoms with Crippen molar-refractivity contribution in [1.82, 2.24) is 0 Å². The first kappa shape index (κ1) is 25.3. The summed E-state index contributed by atoms with van der Waals surface area (Å²) in [5.74, 6) is -1.42. The molecule has 0 aromatic heterocycles. The lowest BCUT2D eigenvalue weighted by Gasteiger charge is -2.26. The van der Waals surface area contributed by atoms with Crippen LogP contribution in [0.25, 0.3) is 0 Å². The Hall–Kier alpha value is -3.32. The molecule has 2 atom stereocenters. The third kappa shape index (κ3) is 7.09. The van der Waals surface area contributed by atoms with E-state index in [-0.39, 0.29) is 0 Å². The van der Waals surface area contributed by atoms with Gasteiger partial charge in [0.25, 0.3) is 0 Å².